The molecule has 0 heterocycles. The van der Waals surface area contributed by atoms with Crippen molar-refractivity contribution in [2.75, 3.05) is 6.54 Å². The van der Waals surface area contributed by atoms with Crippen molar-refractivity contribution in [1.29, 1.82) is 0 Å². The van der Waals surface area contributed by atoms with Crippen LogP contribution in [0.4, 0.5) is 0 Å². The lowest BCUT2D eigenvalue weighted by atomic mass is 10.3. The first kappa shape index (κ1) is 61.1. The molecule has 1 N–H and O–H groups in total. The molecule has 1 unspecified atom stereocenters. The maximum atomic E-state index is 12.6. The summed E-state index contributed by atoms with van der Waals surface area (Å²) >= 11 is 0. The monoisotopic (exact) mass is 1010 g/mol. The molecule has 0 rings (SSSR count). The Bertz CT molecular complexity index is 1920. The Hall–Kier alpha value is -1.86. The zero-order valence-corrected chi connectivity index (χ0v) is 52.4. The molecule has 0 spiro atoms. The molecule has 0 radical (unpaired) electrons. The quantitative estimate of drug-likeness (QED) is 0.0502. The molecule has 1 amide bonds. The first-order chi connectivity index (χ1) is 28.9. The predicted octanol–water partition coefficient (Wildman–Crippen LogP) is 11.3. The lowest BCUT2D eigenvalue weighted by Crippen LogP contribution is -2.55. The largest absolute Gasteiger partial charge is 0.458 e. The van der Waals surface area contributed by atoms with Gasteiger partial charge in [0.1, 0.15) is 0 Å². The summed E-state index contributed by atoms with van der Waals surface area (Å²) in [5, 5.41) is 3.08. The summed E-state index contributed by atoms with van der Waals surface area (Å²) in [4.78, 5) is 12.6. The maximum absolute atomic E-state index is 12.6. The molecular weight excluding hydrogens is 927 g/mol. The normalized spacial score (nSPS) is 13.0. The van der Waals surface area contributed by atoms with E-state index in [1.54, 1.807) is 6.92 Å². The molecule has 63 heavy (non-hydrogen) atoms. The number of rotatable bonds is 27. The molecule has 0 aromatic carbocycles. The van der Waals surface area contributed by atoms with E-state index in [1.165, 1.54) is 12.1 Å². The number of carbonyl (C=O) groups excluding carboxylic acids is 1. The van der Waals surface area contributed by atoms with Gasteiger partial charge in [0.15, 0.2) is 67.3 Å². The number of nitrogens with one attached hydrogen (secondary N) is 1. The van der Waals surface area contributed by atoms with E-state index in [0.29, 0.717) is 19.4 Å². The summed E-state index contributed by atoms with van der Waals surface area (Å²) in [6.07, 6.45) is 2.67. The van der Waals surface area contributed by atoms with Crippen LogP contribution < -0.4 is 5.32 Å². The van der Waals surface area contributed by atoms with Gasteiger partial charge in [-0.1, -0.05) is 25.2 Å². The van der Waals surface area contributed by atoms with Crippen LogP contribution in [0.3, 0.4) is 0 Å². The van der Waals surface area contributed by atoms with Crippen LogP contribution in [0.25, 0.3) is 0 Å². The second-order valence-corrected chi connectivity index (χ2v) is 58.4. The molecule has 350 valence electrons. The minimum absolute atomic E-state index is 0.0158. The van der Waals surface area contributed by atoms with Crippen molar-refractivity contribution in [1.82, 2.24) is 5.32 Å². The van der Waals surface area contributed by atoms with Gasteiger partial charge in [-0.3, -0.25) is 4.79 Å². The lowest BCUT2D eigenvalue weighted by molar-refractivity contribution is -0.120. The highest BCUT2D eigenvalue weighted by Crippen LogP contribution is 2.34. The van der Waals surface area contributed by atoms with Crippen LogP contribution in [0.15, 0.2) is 0 Å². The summed E-state index contributed by atoms with van der Waals surface area (Å²) < 4.78 is 35.2. The Balaban J connectivity index is 5.30. The number of amides is 1. The highest BCUT2D eigenvalue weighted by Gasteiger charge is 2.44. The molecule has 7 nitrogen and oxygen atoms in total. The third kappa shape index (κ3) is 34.2. The van der Waals surface area contributed by atoms with Crippen LogP contribution >= 0.6 is 0 Å². The Morgan fingerprint density at radius 2 is 0.825 bits per heavy atom. The van der Waals surface area contributed by atoms with E-state index >= 15 is 0 Å². The van der Waals surface area contributed by atoms with Crippen molar-refractivity contribution < 1.29 is 25.4 Å². The summed E-state index contributed by atoms with van der Waals surface area (Å²) in [5.41, 5.74) is 0. The average molecular weight is 1010 g/mol. The molecule has 0 bridgehead atoms. The fraction of sp³-hybridized carbons (Fsp3) is 0.681. The van der Waals surface area contributed by atoms with Crippen LogP contribution in [0.1, 0.15) is 39.5 Å². The second-order valence-electron chi connectivity index (χ2n) is 21.2. The van der Waals surface area contributed by atoms with Gasteiger partial charge in [-0.15, -0.1) is 0 Å². The number of carbonyl (C=O) groups is 1. The van der Waals surface area contributed by atoms with Crippen molar-refractivity contribution >= 4 is 81.7 Å². The van der Waals surface area contributed by atoms with Gasteiger partial charge in [0, 0.05) is 19.4 Å². The summed E-state index contributed by atoms with van der Waals surface area (Å²) in [6, 6.07) is 8.83. The first-order valence-corrected chi connectivity index (χ1v) is 50.1. The van der Waals surface area contributed by atoms with Gasteiger partial charge in [-0.2, -0.15) is 0 Å². The topological polar surface area (TPSA) is 75.3 Å². The third-order valence-electron chi connectivity index (χ3n) is 9.99. The van der Waals surface area contributed by atoms with Gasteiger partial charge in [-0.05, 0) is 244 Å². The van der Waals surface area contributed by atoms with Crippen LogP contribution in [0, 0.1) is 82.9 Å². The highest BCUT2D eigenvalue weighted by atomic mass is 28.5. The summed E-state index contributed by atoms with van der Waals surface area (Å²) in [7, 11) is -16.7. The maximum Gasteiger partial charge on any atom is 0.314 e. The molecular formula is C47H85NO6Si9. The molecule has 1 atom stereocenters. The highest BCUT2D eigenvalue weighted by molar-refractivity contribution is 6.91. The molecule has 0 saturated heterocycles. The van der Waals surface area contributed by atoms with E-state index in [-0.39, 0.29) is 5.91 Å². The van der Waals surface area contributed by atoms with Gasteiger partial charge in [0.05, 0.1) is 0 Å². The van der Waals surface area contributed by atoms with Crippen LogP contribution in [0.5, 0.6) is 0 Å². The zero-order chi connectivity index (χ0) is 48.5. The van der Waals surface area contributed by atoms with Crippen molar-refractivity contribution in [3.05, 3.63) is 0 Å². The fourth-order valence-corrected chi connectivity index (χ4v) is 54.8. The SMILES string of the molecule is CC#CC#CC#CC#CC#CC#CC#CCCC(=O)NCCC[Si](C)(O[Si](C)(C)CCC)O[Si](C)(C)CC[Si](C)(C)O[Si](C)(C)CC[Si](C)(C)O[Si](C)(C)CC[Si](C)(C)O[SiH](C)C. The van der Waals surface area contributed by atoms with Gasteiger partial charge in [-0.25, -0.2) is 0 Å². The molecule has 0 aliphatic rings. The lowest BCUT2D eigenvalue weighted by Gasteiger charge is -2.42. The minimum Gasteiger partial charge on any atom is -0.458 e. The third-order valence-corrected chi connectivity index (χ3v) is 44.3. The summed E-state index contributed by atoms with van der Waals surface area (Å²) in [5.74, 6) is 36.9. The van der Waals surface area contributed by atoms with Crippen LogP contribution in [0.2, 0.25) is 160 Å². The predicted molar refractivity (Wildman–Crippen MR) is 294 cm³/mol. The molecule has 0 saturated carbocycles. The van der Waals surface area contributed by atoms with Gasteiger partial charge in [0.25, 0.3) is 0 Å². The van der Waals surface area contributed by atoms with E-state index in [4.69, 9.17) is 20.6 Å². The Morgan fingerprint density at radius 1 is 0.476 bits per heavy atom. The smallest absolute Gasteiger partial charge is 0.314 e. The summed E-state index contributed by atoms with van der Waals surface area (Å²) in [6.45, 7) is 44.9. The van der Waals surface area contributed by atoms with Crippen molar-refractivity contribution in [2.24, 2.45) is 0 Å². The van der Waals surface area contributed by atoms with Crippen molar-refractivity contribution in [2.45, 2.75) is 199 Å². The van der Waals surface area contributed by atoms with Crippen LogP contribution in [-0.4, -0.2) is 88.3 Å². The van der Waals surface area contributed by atoms with E-state index in [0.717, 1.165) is 49.1 Å². The van der Waals surface area contributed by atoms with Crippen molar-refractivity contribution in [3.63, 3.8) is 0 Å². The van der Waals surface area contributed by atoms with E-state index in [1.807, 2.05) is 0 Å². The Kier molecular flexibility index (Phi) is 28.2. The van der Waals surface area contributed by atoms with Gasteiger partial charge in [0.2, 0.25) is 5.91 Å². The zero-order valence-electron chi connectivity index (χ0n) is 43.2. The van der Waals surface area contributed by atoms with Crippen molar-refractivity contribution in [3.8, 4) is 82.9 Å². The van der Waals surface area contributed by atoms with E-state index in [9.17, 15) is 4.79 Å². The molecule has 16 heteroatoms. The van der Waals surface area contributed by atoms with Crippen LogP contribution in [-0.2, 0) is 25.4 Å². The van der Waals surface area contributed by atoms with Gasteiger partial charge < -0.3 is 25.9 Å². The molecule has 0 aliphatic carbocycles. The molecule has 0 aromatic rings. The first-order valence-electron chi connectivity index (χ1n) is 23.0. The Labute approximate surface area is 398 Å². The van der Waals surface area contributed by atoms with Gasteiger partial charge >= 0.3 is 8.56 Å². The molecule has 0 aliphatic heterocycles. The van der Waals surface area contributed by atoms with E-state index in [2.05, 4.69) is 206 Å². The average Bonchev–Trinajstić information content (AvgIpc) is 3.11. The number of hydrogen-bond donors (Lipinski definition) is 1. The molecule has 0 aromatic heterocycles. The number of hydrogen-bond acceptors (Lipinski definition) is 6. The fourth-order valence-electron chi connectivity index (χ4n) is 7.58. The molecule has 0 fully saturated rings. The minimum atomic E-state index is -2.54. The second kappa shape index (κ2) is 29.0. The van der Waals surface area contributed by atoms with E-state index < -0.39 is 75.8 Å². The standard InChI is InChI=1S/C47H85NO6Si9/c1-20-22-23-24-25-26-27-28-29-30-31-32-33-34-35-37-47(49)48-38-36-40-63(19,53-57(7,8)39-21-2)54-62(17,18)46-45-61(15,16)52-60(13,14)44-43-59(11,12)51-58(9,10)42-41-56(5,6)50-55(3)4/h55H,21,35-46H2,1-19H3,(H,48,49). The Morgan fingerprint density at radius 3 is 1.21 bits per heavy atom.